The van der Waals surface area contributed by atoms with E-state index in [1.54, 1.807) is 36.7 Å². The molecular weight excluding hydrogens is 252 g/mol. The summed E-state index contributed by atoms with van der Waals surface area (Å²) in [4.78, 5) is 15.0. The van der Waals surface area contributed by atoms with Crippen molar-refractivity contribution in [3.05, 3.63) is 59.9 Å². The van der Waals surface area contributed by atoms with E-state index in [1.807, 2.05) is 12.1 Å². The third-order valence-electron chi connectivity index (χ3n) is 2.25. The van der Waals surface area contributed by atoms with E-state index >= 15 is 0 Å². The Kier molecular flexibility index (Phi) is 5.14. The topological polar surface area (TPSA) is 65.2 Å². The molecular formula is C13H13ClN2O2. The number of ether oxygens (including phenoxy) is 1. The van der Waals surface area contributed by atoms with Gasteiger partial charge in [-0.3, -0.25) is 9.78 Å². The molecule has 0 bridgehead atoms. The van der Waals surface area contributed by atoms with Crippen molar-refractivity contribution in [2.24, 2.45) is 5.73 Å². The number of carbonyl (C=O) groups is 1. The highest BCUT2D eigenvalue weighted by Gasteiger charge is 2.02. The number of aromatic nitrogens is 1. The van der Waals surface area contributed by atoms with Gasteiger partial charge in [-0.1, -0.05) is 12.1 Å². The largest absolute Gasteiger partial charge is 0.489 e. The van der Waals surface area contributed by atoms with Gasteiger partial charge < -0.3 is 10.5 Å². The molecule has 1 heterocycles. The average Bonchev–Trinajstić information content (AvgIpc) is 2.38. The molecule has 94 valence electrons. The van der Waals surface area contributed by atoms with Gasteiger partial charge in [0.1, 0.15) is 12.4 Å². The van der Waals surface area contributed by atoms with Crippen molar-refractivity contribution in [1.82, 2.24) is 4.98 Å². The summed E-state index contributed by atoms with van der Waals surface area (Å²) in [6.07, 6.45) is 3.44. The summed E-state index contributed by atoms with van der Waals surface area (Å²) in [5.74, 6) is 0.155. The van der Waals surface area contributed by atoms with E-state index in [0.29, 0.717) is 17.9 Å². The molecule has 1 aromatic carbocycles. The summed E-state index contributed by atoms with van der Waals surface area (Å²) in [5.41, 5.74) is 6.59. The summed E-state index contributed by atoms with van der Waals surface area (Å²) < 4.78 is 5.54. The Balaban J connectivity index is 0.00000162. The van der Waals surface area contributed by atoms with Crippen LogP contribution in [0.1, 0.15) is 15.9 Å². The summed E-state index contributed by atoms with van der Waals surface area (Å²) in [5, 5.41) is 0. The van der Waals surface area contributed by atoms with Gasteiger partial charge in [0.25, 0.3) is 0 Å². The molecule has 1 amide bonds. The Morgan fingerprint density at radius 1 is 1.28 bits per heavy atom. The van der Waals surface area contributed by atoms with E-state index in [4.69, 9.17) is 10.5 Å². The highest BCUT2D eigenvalue weighted by atomic mass is 35.5. The van der Waals surface area contributed by atoms with Gasteiger partial charge >= 0.3 is 0 Å². The zero-order valence-electron chi connectivity index (χ0n) is 9.58. The molecule has 0 aliphatic carbocycles. The lowest BCUT2D eigenvalue weighted by molar-refractivity contribution is 0.1000. The van der Waals surface area contributed by atoms with Crippen molar-refractivity contribution < 1.29 is 9.53 Å². The van der Waals surface area contributed by atoms with Gasteiger partial charge in [0.2, 0.25) is 5.91 Å². The molecule has 4 nitrogen and oxygen atoms in total. The molecule has 5 heteroatoms. The third-order valence-corrected chi connectivity index (χ3v) is 2.25. The van der Waals surface area contributed by atoms with Gasteiger partial charge in [0.05, 0.1) is 0 Å². The maximum atomic E-state index is 11.0. The van der Waals surface area contributed by atoms with Crippen molar-refractivity contribution in [2.45, 2.75) is 6.61 Å². The standard InChI is InChI=1S/C13H12N2O2.ClH/c14-13(16)11-4-1-5-12(7-11)17-9-10-3-2-6-15-8-10;/h1-8H,9H2,(H2,14,16);1H. The molecule has 0 aliphatic heterocycles. The van der Waals surface area contributed by atoms with Crippen LogP contribution in [0.15, 0.2) is 48.8 Å². The molecule has 0 saturated carbocycles. The zero-order chi connectivity index (χ0) is 12.1. The zero-order valence-corrected chi connectivity index (χ0v) is 10.4. The normalized spacial score (nSPS) is 9.33. The maximum absolute atomic E-state index is 11.0. The maximum Gasteiger partial charge on any atom is 0.248 e. The predicted molar refractivity (Wildman–Crippen MR) is 70.8 cm³/mol. The summed E-state index contributed by atoms with van der Waals surface area (Å²) in [7, 11) is 0. The van der Waals surface area contributed by atoms with E-state index in [0.717, 1.165) is 5.56 Å². The van der Waals surface area contributed by atoms with E-state index < -0.39 is 5.91 Å². The molecule has 1 aromatic heterocycles. The van der Waals surface area contributed by atoms with E-state index in [2.05, 4.69) is 4.98 Å². The van der Waals surface area contributed by atoms with Gasteiger partial charge in [0, 0.05) is 23.5 Å². The minimum atomic E-state index is -0.461. The molecule has 0 atom stereocenters. The predicted octanol–water partition coefficient (Wildman–Crippen LogP) is 2.18. The van der Waals surface area contributed by atoms with Crippen molar-refractivity contribution >= 4 is 18.3 Å². The number of halogens is 1. The Morgan fingerprint density at radius 3 is 2.78 bits per heavy atom. The minimum Gasteiger partial charge on any atom is -0.489 e. The van der Waals surface area contributed by atoms with Crippen LogP contribution < -0.4 is 10.5 Å². The van der Waals surface area contributed by atoms with Gasteiger partial charge in [-0.2, -0.15) is 0 Å². The van der Waals surface area contributed by atoms with Gasteiger partial charge in [0.15, 0.2) is 0 Å². The van der Waals surface area contributed by atoms with Crippen LogP contribution in [0, 0.1) is 0 Å². The molecule has 0 spiro atoms. The summed E-state index contributed by atoms with van der Waals surface area (Å²) in [6.45, 7) is 0.413. The molecule has 0 unspecified atom stereocenters. The SMILES string of the molecule is Cl.NC(=O)c1cccc(OCc2cccnc2)c1. The molecule has 0 saturated heterocycles. The number of benzene rings is 1. The lowest BCUT2D eigenvalue weighted by Gasteiger charge is -2.06. The number of pyridine rings is 1. The second-order valence-corrected chi connectivity index (χ2v) is 3.54. The van der Waals surface area contributed by atoms with Crippen LogP contribution in [-0.2, 0) is 6.61 Å². The van der Waals surface area contributed by atoms with Crippen molar-refractivity contribution in [3.63, 3.8) is 0 Å². The molecule has 0 aliphatic rings. The quantitative estimate of drug-likeness (QED) is 0.920. The molecule has 2 N–H and O–H groups in total. The fraction of sp³-hybridized carbons (Fsp3) is 0.0769. The number of nitrogens with two attached hydrogens (primary N) is 1. The first-order chi connectivity index (χ1) is 8.25. The summed E-state index contributed by atoms with van der Waals surface area (Å²) in [6, 6.07) is 10.6. The lowest BCUT2D eigenvalue weighted by Crippen LogP contribution is -2.10. The van der Waals surface area contributed by atoms with E-state index in [9.17, 15) is 4.79 Å². The van der Waals surface area contributed by atoms with Gasteiger partial charge in [-0.25, -0.2) is 0 Å². The second kappa shape index (κ2) is 6.61. The smallest absolute Gasteiger partial charge is 0.248 e. The van der Waals surface area contributed by atoms with Crippen molar-refractivity contribution in [3.8, 4) is 5.75 Å². The highest BCUT2D eigenvalue weighted by Crippen LogP contribution is 2.14. The number of rotatable bonds is 4. The van der Waals surface area contributed by atoms with Crippen molar-refractivity contribution in [1.29, 1.82) is 0 Å². The molecule has 2 aromatic rings. The third kappa shape index (κ3) is 3.75. The molecule has 0 radical (unpaired) electrons. The molecule has 2 rings (SSSR count). The van der Waals surface area contributed by atoms with Gasteiger partial charge in [-0.05, 0) is 24.3 Å². The monoisotopic (exact) mass is 264 g/mol. The Bertz CT molecular complexity index is 517. The number of carbonyl (C=O) groups excluding carboxylic acids is 1. The number of primary amides is 1. The first kappa shape index (κ1) is 14.0. The van der Waals surface area contributed by atoms with Gasteiger partial charge in [-0.15, -0.1) is 12.4 Å². The first-order valence-corrected chi connectivity index (χ1v) is 5.17. The minimum absolute atomic E-state index is 0. The van der Waals surface area contributed by atoms with Crippen LogP contribution in [-0.4, -0.2) is 10.9 Å². The summed E-state index contributed by atoms with van der Waals surface area (Å²) >= 11 is 0. The first-order valence-electron chi connectivity index (χ1n) is 5.17. The van der Waals surface area contributed by atoms with Crippen LogP contribution in [0.2, 0.25) is 0 Å². The molecule has 0 fully saturated rings. The number of hydrogen-bond acceptors (Lipinski definition) is 3. The number of nitrogens with zero attached hydrogens (tertiary/aromatic N) is 1. The fourth-order valence-electron chi connectivity index (χ4n) is 1.39. The van der Waals surface area contributed by atoms with Crippen molar-refractivity contribution in [2.75, 3.05) is 0 Å². The Morgan fingerprint density at radius 2 is 2.11 bits per heavy atom. The second-order valence-electron chi connectivity index (χ2n) is 3.54. The number of amides is 1. The van der Waals surface area contributed by atoms with Crippen LogP contribution in [0.3, 0.4) is 0 Å². The average molecular weight is 265 g/mol. The Hall–Kier alpha value is -2.07. The van der Waals surface area contributed by atoms with E-state index in [1.165, 1.54) is 0 Å². The van der Waals surface area contributed by atoms with Crippen LogP contribution in [0.5, 0.6) is 5.75 Å². The van der Waals surface area contributed by atoms with Crippen LogP contribution in [0.4, 0.5) is 0 Å². The van der Waals surface area contributed by atoms with Crippen LogP contribution in [0.25, 0.3) is 0 Å². The van der Waals surface area contributed by atoms with Crippen LogP contribution >= 0.6 is 12.4 Å². The fourth-order valence-corrected chi connectivity index (χ4v) is 1.39. The molecule has 18 heavy (non-hydrogen) atoms. The highest BCUT2D eigenvalue weighted by molar-refractivity contribution is 5.93. The van der Waals surface area contributed by atoms with E-state index in [-0.39, 0.29) is 12.4 Å². The Labute approximate surface area is 111 Å². The lowest BCUT2D eigenvalue weighted by atomic mass is 10.2. The number of hydrogen-bond donors (Lipinski definition) is 1.